The Morgan fingerprint density at radius 1 is 1.13 bits per heavy atom. The van der Waals surface area contributed by atoms with Crippen LogP contribution in [0.5, 0.6) is 5.75 Å². The lowest BCUT2D eigenvalue weighted by molar-refractivity contribution is 0.00578. The summed E-state index contributed by atoms with van der Waals surface area (Å²) in [4.78, 5) is 0. The minimum absolute atomic E-state index is 0.359. The third kappa shape index (κ3) is 2.77. The Balaban J connectivity index is 1.93. The van der Waals surface area contributed by atoms with Gasteiger partial charge in [0.1, 0.15) is 5.75 Å². The van der Waals surface area contributed by atoms with Crippen molar-refractivity contribution in [1.82, 2.24) is 9.78 Å². The fourth-order valence-electron chi connectivity index (χ4n) is 2.56. The van der Waals surface area contributed by atoms with E-state index < -0.39 is 7.12 Å². The molecule has 1 aromatic heterocycles. The van der Waals surface area contributed by atoms with Crippen LogP contribution in [0, 0.1) is 6.92 Å². The van der Waals surface area contributed by atoms with Gasteiger partial charge >= 0.3 is 7.12 Å². The number of aromatic nitrogens is 2. The molecule has 0 saturated carbocycles. The molecule has 1 saturated heterocycles. The number of aryl methyl sites for hydroxylation is 1. The van der Waals surface area contributed by atoms with E-state index in [9.17, 15) is 0 Å². The fourth-order valence-corrected chi connectivity index (χ4v) is 2.56. The Bertz CT molecular complexity index is 708. The largest absolute Gasteiger partial charge is 0.498 e. The summed E-state index contributed by atoms with van der Waals surface area (Å²) in [6, 6.07) is 7.79. The van der Waals surface area contributed by atoms with Crippen LogP contribution in [0.25, 0.3) is 5.69 Å². The molecule has 1 aliphatic rings. The van der Waals surface area contributed by atoms with Crippen LogP contribution in [-0.4, -0.2) is 35.2 Å². The van der Waals surface area contributed by atoms with Gasteiger partial charge in [0.2, 0.25) is 0 Å². The van der Waals surface area contributed by atoms with Gasteiger partial charge in [0.15, 0.2) is 0 Å². The second kappa shape index (κ2) is 5.39. The molecule has 3 rings (SSSR count). The van der Waals surface area contributed by atoms with Crippen molar-refractivity contribution < 1.29 is 14.0 Å². The predicted molar refractivity (Wildman–Crippen MR) is 90.6 cm³/mol. The molecule has 0 N–H and O–H groups in total. The van der Waals surface area contributed by atoms with Gasteiger partial charge in [-0.25, -0.2) is 4.68 Å². The SMILES string of the molecule is COc1cccc(-n2cc(B3OC(C)(C)C(C)(C)O3)c(C)n2)c1. The molecular weight excluding hydrogens is 291 g/mol. The molecular formula is C17H23BN2O3. The maximum absolute atomic E-state index is 6.12. The second-order valence-corrected chi connectivity index (χ2v) is 6.90. The molecule has 0 bridgehead atoms. The van der Waals surface area contributed by atoms with Gasteiger partial charge in [0.05, 0.1) is 29.7 Å². The maximum Gasteiger partial charge on any atom is 0.498 e. The topological polar surface area (TPSA) is 45.5 Å². The molecule has 5 nitrogen and oxygen atoms in total. The summed E-state index contributed by atoms with van der Waals surface area (Å²) in [5, 5.41) is 4.60. The van der Waals surface area contributed by atoms with Crippen molar-refractivity contribution in [1.29, 1.82) is 0 Å². The highest BCUT2D eigenvalue weighted by atomic mass is 16.7. The molecule has 6 heteroatoms. The van der Waals surface area contributed by atoms with Gasteiger partial charge in [-0.2, -0.15) is 5.10 Å². The third-order valence-corrected chi connectivity index (χ3v) is 4.76. The van der Waals surface area contributed by atoms with Gasteiger partial charge in [0, 0.05) is 17.7 Å². The number of benzene rings is 1. The van der Waals surface area contributed by atoms with E-state index >= 15 is 0 Å². The normalized spacial score (nSPS) is 19.1. The summed E-state index contributed by atoms with van der Waals surface area (Å²) >= 11 is 0. The van der Waals surface area contributed by atoms with Crippen LogP contribution >= 0.6 is 0 Å². The van der Waals surface area contributed by atoms with Gasteiger partial charge in [0.25, 0.3) is 0 Å². The first-order valence-electron chi connectivity index (χ1n) is 7.80. The van der Waals surface area contributed by atoms with Gasteiger partial charge < -0.3 is 14.0 Å². The molecule has 0 atom stereocenters. The number of methoxy groups -OCH3 is 1. The molecule has 0 unspecified atom stereocenters. The Morgan fingerprint density at radius 3 is 2.39 bits per heavy atom. The molecule has 0 amide bonds. The van der Waals surface area contributed by atoms with E-state index in [1.54, 1.807) is 7.11 Å². The molecule has 2 heterocycles. The first-order chi connectivity index (χ1) is 10.7. The van der Waals surface area contributed by atoms with E-state index in [1.807, 2.05) is 42.1 Å². The fraction of sp³-hybridized carbons (Fsp3) is 0.471. The number of hydrogen-bond donors (Lipinski definition) is 0. The van der Waals surface area contributed by atoms with Crippen LogP contribution in [0.15, 0.2) is 30.5 Å². The van der Waals surface area contributed by atoms with Crippen molar-refractivity contribution in [2.45, 2.75) is 45.8 Å². The lowest BCUT2D eigenvalue weighted by atomic mass is 9.79. The molecule has 1 fully saturated rings. The van der Waals surface area contributed by atoms with E-state index in [-0.39, 0.29) is 11.2 Å². The number of rotatable bonds is 3. The van der Waals surface area contributed by atoms with Crippen LogP contribution in [0.4, 0.5) is 0 Å². The predicted octanol–water partition coefficient (Wildman–Crippen LogP) is 2.49. The maximum atomic E-state index is 6.12. The molecule has 122 valence electrons. The van der Waals surface area contributed by atoms with Crippen LogP contribution in [-0.2, 0) is 9.31 Å². The zero-order chi connectivity index (χ0) is 16.8. The smallest absolute Gasteiger partial charge is 0.497 e. The average Bonchev–Trinajstić information content (AvgIpc) is 2.97. The molecule has 0 radical (unpaired) electrons. The van der Waals surface area contributed by atoms with Crippen molar-refractivity contribution in [3.8, 4) is 11.4 Å². The van der Waals surface area contributed by atoms with Crippen LogP contribution in [0.3, 0.4) is 0 Å². The quantitative estimate of drug-likeness (QED) is 0.817. The first-order valence-corrected chi connectivity index (χ1v) is 7.80. The van der Waals surface area contributed by atoms with E-state index in [1.165, 1.54) is 0 Å². The lowest BCUT2D eigenvalue weighted by Crippen LogP contribution is -2.41. The van der Waals surface area contributed by atoms with Crippen LogP contribution in [0.2, 0.25) is 0 Å². The highest BCUT2D eigenvalue weighted by Crippen LogP contribution is 2.36. The number of hydrogen-bond acceptors (Lipinski definition) is 4. The van der Waals surface area contributed by atoms with Crippen molar-refractivity contribution in [2.24, 2.45) is 0 Å². The highest BCUT2D eigenvalue weighted by molar-refractivity contribution is 6.62. The average molecular weight is 314 g/mol. The summed E-state index contributed by atoms with van der Waals surface area (Å²) in [6.45, 7) is 10.2. The first kappa shape index (κ1) is 16.1. The summed E-state index contributed by atoms with van der Waals surface area (Å²) in [5.74, 6) is 0.799. The minimum atomic E-state index is -0.403. The van der Waals surface area contributed by atoms with Gasteiger partial charge in [-0.1, -0.05) is 6.07 Å². The zero-order valence-electron chi connectivity index (χ0n) is 14.6. The van der Waals surface area contributed by atoms with Crippen LogP contribution in [0.1, 0.15) is 33.4 Å². The Hall–Kier alpha value is -1.79. The Kier molecular flexibility index (Phi) is 3.77. The molecule has 0 spiro atoms. The van der Waals surface area contributed by atoms with Crippen LogP contribution < -0.4 is 10.2 Å². The number of nitrogens with zero attached hydrogens (tertiary/aromatic N) is 2. The Morgan fingerprint density at radius 2 is 1.78 bits per heavy atom. The molecule has 2 aromatic rings. The van der Waals surface area contributed by atoms with E-state index in [4.69, 9.17) is 14.0 Å². The minimum Gasteiger partial charge on any atom is -0.497 e. The second-order valence-electron chi connectivity index (χ2n) is 6.90. The van der Waals surface area contributed by atoms with E-state index in [2.05, 4.69) is 32.8 Å². The lowest BCUT2D eigenvalue weighted by Gasteiger charge is -2.32. The monoisotopic (exact) mass is 314 g/mol. The van der Waals surface area contributed by atoms with Gasteiger partial charge in [-0.05, 0) is 46.8 Å². The number of ether oxygens (including phenoxy) is 1. The summed E-state index contributed by atoms with van der Waals surface area (Å²) in [6.07, 6.45) is 1.96. The standard InChI is InChI=1S/C17H23BN2O3/c1-12-15(18-22-16(2,3)17(4,5)23-18)11-20(19-12)13-8-7-9-14(10-13)21-6/h7-11H,1-6H3. The van der Waals surface area contributed by atoms with Gasteiger partial charge in [-0.3, -0.25) is 0 Å². The molecule has 0 aliphatic carbocycles. The zero-order valence-corrected chi connectivity index (χ0v) is 14.6. The summed E-state index contributed by atoms with van der Waals surface area (Å²) in [7, 11) is 1.25. The van der Waals surface area contributed by atoms with Crippen molar-refractivity contribution in [3.05, 3.63) is 36.2 Å². The summed E-state index contributed by atoms with van der Waals surface area (Å²) in [5.41, 5.74) is 2.07. The molecule has 23 heavy (non-hydrogen) atoms. The Labute approximate surface area is 137 Å². The van der Waals surface area contributed by atoms with Crippen molar-refractivity contribution in [2.75, 3.05) is 7.11 Å². The third-order valence-electron chi connectivity index (χ3n) is 4.76. The van der Waals surface area contributed by atoms with Crippen molar-refractivity contribution >= 4 is 12.6 Å². The van der Waals surface area contributed by atoms with Gasteiger partial charge in [-0.15, -0.1) is 0 Å². The molecule has 1 aliphatic heterocycles. The highest BCUT2D eigenvalue weighted by Gasteiger charge is 2.52. The molecule has 1 aromatic carbocycles. The van der Waals surface area contributed by atoms with E-state index in [0.717, 1.165) is 22.6 Å². The summed E-state index contributed by atoms with van der Waals surface area (Å²) < 4.78 is 19.4. The van der Waals surface area contributed by atoms with Crippen molar-refractivity contribution in [3.63, 3.8) is 0 Å². The van der Waals surface area contributed by atoms with E-state index in [0.29, 0.717) is 0 Å².